The fourth-order valence-electron chi connectivity index (χ4n) is 3.95. The Hall–Kier alpha value is -2.46. The third-order valence-electron chi connectivity index (χ3n) is 5.72. The number of ether oxygens (including phenoxy) is 4. The number of hydrogen-bond acceptors (Lipinski definition) is 5. The molecule has 182 valence electrons. The van der Waals surface area contributed by atoms with Gasteiger partial charge in [0.1, 0.15) is 18.3 Å². The van der Waals surface area contributed by atoms with Gasteiger partial charge in [0.2, 0.25) is 0 Å². The molecule has 1 fully saturated rings. The molecule has 0 aliphatic carbocycles. The van der Waals surface area contributed by atoms with E-state index in [0.717, 1.165) is 16.7 Å². The molecule has 3 aromatic rings. The fourth-order valence-corrected chi connectivity index (χ4v) is 4.88. The first-order valence-corrected chi connectivity index (χ1v) is 12.8. The highest BCUT2D eigenvalue weighted by Crippen LogP contribution is 2.33. The van der Waals surface area contributed by atoms with E-state index in [9.17, 15) is 0 Å². The van der Waals surface area contributed by atoms with Crippen LogP contribution in [0.15, 0.2) is 96.1 Å². The quantitative estimate of drug-likeness (QED) is 0.0881. The Kier molecular flexibility index (Phi) is 9.94. The molecule has 0 spiro atoms. The standard InChI is InChI=1S/C27H28IN3O4/c28-24-26(34-18-22-14-8-3-9-15-22)25(33-17-21-12-6-2-7-13-21)23(35-27(24)30-31-29)19-32-16-20-10-4-1-5-11-20/h1-15,23-27H,16-19H2/t23-,24+,25+,26-,27+/m1/s1. The van der Waals surface area contributed by atoms with E-state index in [1.807, 2.05) is 91.0 Å². The van der Waals surface area contributed by atoms with Crippen molar-refractivity contribution < 1.29 is 18.9 Å². The normalized spacial score (nSPS) is 24.0. The predicted octanol–water partition coefficient (Wildman–Crippen LogP) is 6.21. The summed E-state index contributed by atoms with van der Waals surface area (Å²) in [6.45, 7) is 1.55. The zero-order chi connectivity index (χ0) is 24.3. The number of nitrogens with zero attached hydrogens (tertiary/aromatic N) is 3. The smallest absolute Gasteiger partial charge is 0.151 e. The highest BCUT2D eigenvalue weighted by atomic mass is 127. The minimum Gasteiger partial charge on any atom is -0.374 e. The van der Waals surface area contributed by atoms with Gasteiger partial charge in [0.15, 0.2) is 6.23 Å². The molecule has 1 saturated heterocycles. The fraction of sp³-hybridized carbons (Fsp3) is 0.333. The van der Waals surface area contributed by atoms with E-state index >= 15 is 0 Å². The molecular weight excluding hydrogens is 557 g/mol. The molecule has 8 heteroatoms. The van der Waals surface area contributed by atoms with Crippen LogP contribution in [0.2, 0.25) is 0 Å². The van der Waals surface area contributed by atoms with Crippen molar-refractivity contribution in [2.75, 3.05) is 6.61 Å². The second-order valence-electron chi connectivity index (χ2n) is 8.24. The summed E-state index contributed by atoms with van der Waals surface area (Å²) in [5, 5.41) is 3.90. The molecule has 0 amide bonds. The maximum absolute atomic E-state index is 9.13. The topological polar surface area (TPSA) is 85.7 Å². The predicted molar refractivity (Wildman–Crippen MR) is 142 cm³/mol. The van der Waals surface area contributed by atoms with Crippen molar-refractivity contribution in [2.45, 2.75) is 48.3 Å². The number of azide groups is 1. The van der Waals surface area contributed by atoms with Gasteiger partial charge in [-0.05, 0) is 22.2 Å². The Labute approximate surface area is 219 Å². The van der Waals surface area contributed by atoms with Crippen molar-refractivity contribution >= 4 is 22.6 Å². The number of rotatable bonds is 11. The lowest BCUT2D eigenvalue weighted by Crippen LogP contribution is -2.57. The van der Waals surface area contributed by atoms with Crippen LogP contribution < -0.4 is 0 Å². The molecule has 4 rings (SSSR count). The summed E-state index contributed by atoms with van der Waals surface area (Å²) in [7, 11) is 0. The van der Waals surface area contributed by atoms with Gasteiger partial charge in [0.05, 0.1) is 30.4 Å². The summed E-state index contributed by atoms with van der Waals surface area (Å²) in [5.74, 6) is 0. The molecule has 1 aliphatic heterocycles. The number of alkyl halides is 1. The van der Waals surface area contributed by atoms with Crippen LogP contribution in [0.3, 0.4) is 0 Å². The van der Waals surface area contributed by atoms with Crippen LogP contribution in [0.25, 0.3) is 10.4 Å². The van der Waals surface area contributed by atoms with E-state index in [-0.39, 0.29) is 16.6 Å². The molecular formula is C27H28IN3O4. The zero-order valence-corrected chi connectivity index (χ0v) is 21.4. The zero-order valence-electron chi connectivity index (χ0n) is 19.2. The van der Waals surface area contributed by atoms with Gasteiger partial charge in [0, 0.05) is 4.91 Å². The van der Waals surface area contributed by atoms with E-state index < -0.39 is 18.4 Å². The molecule has 0 radical (unpaired) electrons. The van der Waals surface area contributed by atoms with Crippen LogP contribution in [0.1, 0.15) is 16.7 Å². The van der Waals surface area contributed by atoms with Crippen molar-refractivity contribution in [3.05, 3.63) is 118 Å². The number of hydrogen-bond donors (Lipinski definition) is 0. The summed E-state index contributed by atoms with van der Waals surface area (Å²) >= 11 is 2.24. The van der Waals surface area contributed by atoms with Gasteiger partial charge in [-0.15, -0.1) is 0 Å². The summed E-state index contributed by atoms with van der Waals surface area (Å²) < 4.78 is 24.8. The SMILES string of the molecule is [N-]=[N+]=N[C@H]1O[C@H](COCc2ccccc2)[C@H](OCc2ccccc2)[C@H](OCc2ccccc2)[C@@H]1I. The minimum absolute atomic E-state index is 0.238. The van der Waals surface area contributed by atoms with Crippen molar-refractivity contribution in [3.63, 3.8) is 0 Å². The van der Waals surface area contributed by atoms with Crippen LogP contribution in [0.5, 0.6) is 0 Å². The van der Waals surface area contributed by atoms with Gasteiger partial charge < -0.3 is 18.9 Å². The molecule has 0 N–H and O–H groups in total. The van der Waals surface area contributed by atoms with Gasteiger partial charge in [-0.25, -0.2) is 0 Å². The van der Waals surface area contributed by atoms with Crippen molar-refractivity contribution in [1.29, 1.82) is 0 Å². The summed E-state index contributed by atoms with van der Waals surface area (Å²) in [4.78, 5) is 3.00. The average Bonchev–Trinajstić information content (AvgIpc) is 2.90. The van der Waals surface area contributed by atoms with Crippen LogP contribution >= 0.6 is 22.6 Å². The summed E-state index contributed by atoms with van der Waals surface area (Å²) in [5.41, 5.74) is 12.3. The first-order valence-electron chi connectivity index (χ1n) is 11.5. The van der Waals surface area contributed by atoms with Crippen LogP contribution in [-0.4, -0.2) is 35.1 Å². The third-order valence-corrected chi connectivity index (χ3v) is 7.04. The maximum Gasteiger partial charge on any atom is 0.151 e. The van der Waals surface area contributed by atoms with Crippen molar-refractivity contribution in [1.82, 2.24) is 0 Å². The monoisotopic (exact) mass is 585 g/mol. The highest BCUT2D eigenvalue weighted by Gasteiger charge is 2.46. The minimum atomic E-state index is -0.691. The van der Waals surface area contributed by atoms with E-state index in [0.29, 0.717) is 19.8 Å². The summed E-state index contributed by atoms with van der Waals surface area (Å²) in [6, 6.07) is 29.9. The van der Waals surface area contributed by atoms with E-state index in [1.54, 1.807) is 0 Å². The molecule has 1 aliphatic rings. The van der Waals surface area contributed by atoms with Gasteiger partial charge >= 0.3 is 0 Å². The van der Waals surface area contributed by atoms with Crippen LogP contribution in [0.4, 0.5) is 0 Å². The Morgan fingerprint density at radius 1 is 0.743 bits per heavy atom. The number of benzene rings is 3. The van der Waals surface area contributed by atoms with Crippen LogP contribution in [-0.2, 0) is 38.8 Å². The highest BCUT2D eigenvalue weighted by molar-refractivity contribution is 14.1. The molecule has 35 heavy (non-hydrogen) atoms. The molecule has 0 unspecified atom stereocenters. The van der Waals surface area contributed by atoms with E-state index in [4.69, 9.17) is 24.5 Å². The molecule has 5 atom stereocenters. The van der Waals surface area contributed by atoms with Gasteiger partial charge in [-0.1, -0.05) is 119 Å². The number of halogens is 1. The van der Waals surface area contributed by atoms with Gasteiger partial charge in [-0.3, -0.25) is 0 Å². The van der Waals surface area contributed by atoms with Crippen molar-refractivity contribution in [2.24, 2.45) is 5.11 Å². The second-order valence-corrected chi connectivity index (χ2v) is 9.68. The summed E-state index contributed by atoms with van der Waals surface area (Å²) in [6.07, 6.45) is -1.94. The molecule has 0 bridgehead atoms. The third kappa shape index (κ3) is 7.51. The largest absolute Gasteiger partial charge is 0.374 e. The molecule has 1 heterocycles. The molecule has 7 nitrogen and oxygen atoms in total. The Bertz CT molecular complexity index is 1070. The maximum atomic E-state index is 9.13. The van der Waals surface area contributed by atoms with Crippen LogP contribution in [0, 0.1) is 0 Å². The first kappa shape index (κ1) is 25.6. The van der Waals surface area contributed by atoms with E-state index in [1.165, 1.54) is 0 Å². The lowest BCUT2D eigenvalue weighted by Gasteiger charge is -2.43. The first-order chi connectivity index (χ1) is 17.2. The Morgan fingerprint density at radius 2 is 1.23 bits per heavy atom. The molecule has 0 aromatic heterocycles. The lowest BCUT2D eigenvalue weighted by molar-refractivity contribution is -0.213. The second kappa shape index (κ2) is 13.6. The van der Waals surface area contributed by atoms with Crippen molar-refractivity contribution in [3.8, 4) is 0 Å². The molecule has 3 aromatic carbocycles. The van der Waals surface area contributed by atoms with E-state index in [2.05, 4.69) is 32.6 Å². The average molecular weight is 585 g/mol. The lowest BCUT2D eigenvalue weighted by atomic mass is 10.00. The molecule has 0 saturated carbocycles. The Morgan fingerprint density at radius 3 is 1.74 bits per heavy atom. The Balaban J connectivity index is 1.52. The van der Waals surface area contributed by atoms with Gasteiger partial charge in [0.25, 0.3) is 0 Å². The van der Waals surface area contributed by atoms with Gasteiger partial charge in [-0.2, -0.15) is 0 Å².